The predicted molar refractivity (Wildman–Crippen MR) is 111 cm³/mol. The number of carbonyl (C=O) groups is 2. The van der Waals surface area contributed by atoms with E-state index in [1.54, 1.807) is 0 Å². The van der Waals surface area contributed by atoms with Crippen LogP contribution in [0.3, 0.4) is 0 Å². The molecule has 1 aromatic heterocycles. The number of carbonyl (C=O) groups excluding carboxylic acids is 2. The summed E-state index contributed by atoms with van der Waals surface area (Å²) < 4.78 is 0. The van der Waals surface area contributed by atoms with Crippen molar-refractivity contribution in [1.29, 1.82) is 0 Å². The highest BCUT2D eigenvalue weighted by molar-refractivity contribution is 6.04. The van der Waals surface area contributed by atoms with E-state index < -0.39 is 0 Å². The summed E-state index contributed by atoms with van der Waals surface area (Å²) in [5.74, 6) is 0.756. The maximum atomic E-state index is 12.4. The van der Waals surface area contributed by atoms with E-state index in [2.05, 4.69) is 20.8 Å². The number of rotatable bonds is 7. The first-order valence-electron chi connectivity index (χ1n) is 9.93. The molecule has 2 aliphatic rings. The zero-order valence-corrected chi connectivity index (χ0v) is 16.8. The third kappa shape index (κ3) is 5.02. The van der Waals surface area contributed by atoms with Gasteiger partial charge in [0.05, 0.1) is 5.52 Å². The number of para-hydroxylation sites is 1. The summed E-state index contributed by atoms with van der Waals surface area (Å²) in [5, 5.41) is 14.2. The van der Waals surface area contributed by atoms with Crippen molar-refractivity contribution in [2.24, 2.45) is 5.92 Å². The van der Waals surface area contributed by atoms with E-state index in [4.69, 9.17) is 0 Å². The fourth-order valence-electron chi connectivity index (χ4n) is 3.65. The topological polar surface area (TPSA) is 90.1 Å². The minimum atomic E-state index is -0.247. The molecule has 152 valence electrons. The molecule has 0 radical (unpaired) electrons. The van der Waals surface area contributed by atoms with Crippen molar-refractivity contribution >= 4 is 35.1 Å². The summed E-state index contributed by atoms with van der Waals surface area (Å²) in [6, 6.07) is 8.06. The maximum absolute atomic E-state index is 12.4. The Kier molecular flexibility index (Phi) is 6.91. The Morgan fingerprint density at radius 2 is 1.89 bits per heavy atom. The molecule has 1 aromatic carbocycles. The third-order valence-corrected chi connectivity index (χ3v) is 5.55. The molecular formula is C20H28ClN5O2. The van der Waals surface area contributed by atoms with Gasteiger partial charge in [-0.1, -0.05) is 18.2 Å². The van der Waals surface area contributed by atoms with Gasteiger partial charge in [0.1, 0.15) is 0 Å². The minimum absolute atomic E-state index is 0. The lowest BCUT2D eigenvalue weighted by Crippen LogP contribution is -2.46. The number of piperidine rings is 1. The first-order valence-corrected chi connectivity index (χ1v) is 9.93. The molecule has 4 rings (SSSR count). The van der Waals surface area contributed by atoms with Crippen LogP contribution in [0, 0.1) is 5.92 Å². The molecule has 0 bridgehead atoms. The fraction of sp³-hybridized carbons (Fsp3) is 0.550. The van der Waals surface area contributed by atoms with Gasteiger partial charge in [-0.15, -0.1) is 12.4 Å². The smallest absolute Gasteiger partial charge is 0.272 e. The van der Waals surface area contributed by atoms with Gasteiger partial charge < -0.3 is 15.5 Å². The molecule has 2 amide bonds. The Hall–Kier alpha value is -2.12. The summed E-state index contributed by atoms with van der Waals surface area (Å²) in [6.07, 6.45) is 5.09. The van der Waals surface area contributed by atoms with Gasteiger partial charge in [-0.3, -0.25) is 14.7 Å². The second-order valence-corrected chi connectivity index (χ2v) is 7.63. The number of hydrogen-bond acceptors (Lipinski definition) is 4. The van der Waals surface area contributed by atoms with Crippen LogP contribution < -0.4 is 10.6 Å². The Labute approximate surface area is 171 Å². The average Bonchev–Trinajstić information content (AvgIpc) is 3.43. The molecule has 1 saturated heterocycles. The van der Waals surface area contributed by atoms with Crippen LogP contribution >= 0.6 is 12.4 Å². The van der Waals surface area contributed by atoms with Crippen LogP contribution in [-0.2, 0) is 4.79 Å². The van der Waals surface area contributed by atoms with Gasteiger partial charge in [-0.2, -0.15) is 5.10 Å². The molecule has 28 heavy (non-hydrogen) atoms. The molecule has 2 aromatic rings. The highest BCUT2D eigenvalue weighted by Crippen LogP contribution is 2.28. The summed E-state index contributed by atoms with van der Waals surface area (Å²) in [7, 11) is 0. The Morgan fingerprint density at radius 1 is 1.14 bits per heavy atom. The van der Waals surface area contributed by atoms with Gasteiger partial charge in [0.2, 0.25) is 5.91 Å². The number of benzene rings is 1. The third-order valence-electron chi connectivity index (χ3n) is 5.55. The Morgan fingerprint density at radius 3 is 2.64 bits per heavy atom. The van der Waals surface area contributed by atoms with Crippen LogP contribution in [0.5, 0.6) is 0 Å². The minimum Gasteiger partial charge on any atom is -0.350 e. The molecule has 0 unspecified atom stereocenters. The van der Waals surface area contributed by atoms with E-state index in [1.807, 2.05) is 29.2 Å². The molecule has 2 fully saturated rings. The SMILES string of the molecule is Cl.O=C(NCCC(=O)N1CCC(NCC2CC2)CC1)c1n[nH]c2ccccc12. The molecule has 7 nitrogen and oxygen atoms in total. The molecule has 1 aliphatic carbocycles. The zero-order chi connectivity index (χ0) is 18.6. The number of aromatic nitrogens is 2. The molecule has 8 heteroatoms. The lowest BCUT2D eigenvalue weighted by atomic mass is 10.0. The van der Waals surface area contributed by atoms with Crippen LogP contribution in [0.25, 0.3) is 10.9 Å². The van der Waals surface area contributed by atoms with Crippen molar-refractivity contribution in [3.63, 3.8) is 0 Å². The van der Waals surface area contributed by atoms with Gasteiger partial charge >= 0.3 is 0 Å². The number of nitrogens with one attached hydrogen (secondary N) is 3. The van der Waals surface area contributed by atoms with Gasteiger partial charge in [0.15, 0.2) is 5.69 Å². The zero-order valence-electron chi connectivity index (χ0n) is 15.9. The van der Waals surface area contributed by atoms with Gasteiger partial charge in [-0.05, 0) is 44.2 Å². The summed E-state index contributed by atoms with van der Waals surface area (Å²) >= 11 is 0. The standard InChI is InChI=1S/C20H27N5O2.ClH/c26-18(25-11-8-15(9-12-25)22-13-14-5-6-14)7-10-21-20(27)19-16-3-1-2-4-17(16)23-24-19;/h1-4,14-15,22H,5-13H2,(H,21,27)(H,23,24);1H. The first kappa shape index (κ1) is 20.6. The molecule has 2 heterocycles. The van der Waals surface area contributed by atoms with E-state index in [0.29, 0.717) is 24.7 Å². The van der Waals surface area contributed by atoms with Crippen LogP contribution in [0.4, 0.5) is 0 Å². The number of nitrogens with zero attached hydrogens (tertiary/aromatic N) is 2. The van der Waals surface area contributed by atoms with Crippen molar-refractivity contribution in [3.05, 3.63) is 30.0 Å². The monoisotopic (exact) mass is 405 g/mol. The van der Waals surface area contributed by atoms with Crippen LogP contribution in [0.2, 0.25) is 0 Å². The normalized spacial score (nSPS) is 17.4. The van der Waals surface area contributed by atoms with E-state index in [0.717, 1.165) is 49.3 Å². The highest BCUT2D eigenvalue weighted by Gasteiger charge is 2.26. The summed E-state index contributed by atoms with van der Waals surface area (Å²) in [4.78, 5) is 26.6. The van der Waals surface area contributed by atoms with E-state index >= 15 is 0 Å². The molecule has 0 atom stereocenters. The molecule has 0 spiro atoms. The number of halogens is 1. The molecular weight excluding hydrogens is 378 g/mol. The van der Waals surface area contributed by atoms with Crippen LogP contribution in [0.1, 0.15) is 42.6 Å². The number of likely N-dealkylation sites (tertiary alicyclic amines) is 1. The van der Waals surface area contributed by atoms with Crippen molar-refractivity contribution in [2.75, 3.05) is 26.2 Å². The molecule has 1 saturated carbocycles. The van der Waals surface area contributed by atoms with Crippen LogP contribution in [-0.4, -0.2) is 59.1 Å². The first-order chi connectivity index (χ1) is 13.2. The van der Waals surface area contributed by atoms with Gasteiger partial charge in [-0.25, -0.2) is 0 Å². The van der Waals surface area contributed by atoms with Gasteiger partial charge in [0, 0.05) is 37.5 Å². The van der Waals surface area contributed by atoms with E-state index in [9.17, 15) is 9.59 Å². The summed E-state index contributed by atoms with van der Waals surface area (Å²) in [5.41, 5.74) is 1.21. The van der Waals surface area contributed by atoms with Crippen molar-refractivity contribution in [2.45, 2.75) is 38.1 Å². The summed E-state index contributed by atoms with van der Waals surface area (Å²) in [6.45, 7) is 3.07. The number of H-pyrrole nitrogens is 1. The Balaban J connectivity index is 0.00000225. The van der Waals surface area contributed by atoms with E-state index in [1.165, 1.54) is 12.8 Å². The largest absolute Gasteiger partial charge is 0.350 e. The number of hydrogen-bond donors (Lipinski definition) is 3. The average molecular weight is 406 g/mol. The molecule has 1 aliphatic heterocycles. The van der Waals surface area contributed by atoms with Crippen molar-refractivity contribution in [1.82, 2.24) is 25.7 Å². The lowest BCUT2D eigenvalue weighted by molar-refractivity contribution is -0.132. The van der Waals surface area contributed by atoms with Crippen molar-refractivity contribution in [3.8, 4) is 0 Å². The maximum Gasteiger partial charge on any atom is 0.272 e. The lowest BCUT2D eigenvalue weighted by Gasteiger charge is -2.32. The fourth-order valence-corrected chi connectivity index (χ4v) is 3.65. The molecule has 3 N–H and O–H groups in total. The second kappa shape index (κ2) is 9.39. The van der Waals surface area contributed by atoms with Gasteiger partial charge in [0.25, 0.3) is 5.91 Å². The number of fused-ring (bicyclic) bond motifs is 1. The van der Waals surface area contributed by atoms with Crippen molar-refractivity contribution < 1.29 is 9.59 Å². The quantitative estimate of drug-likeness (QED) is 0.658. The highest BCUT2D eigenvalue weighted by atomic mass is 35.5. The second-order valence-electron chi connectivity index (χ2n) is 7.63. The van der Waals surface area contributed by atoms with E-state index in [-0.39, 0.29) is 24.2 Å². The number of amides is 2. The van der Waals surface area contributed by atoms with Crippen LogP contribution in [0.15, 0.2) is 24.3 Å². The number of aromatic amines is 1. The predicted octanol–water partition coefficient (Wildman–Crippen LogP) is 2.10. The Bertz CT molecular complexity index is 812.